The Hall–Kier alpha value is -2.96. The van der Waals surface area contributed by atoms with Gasteiger partial charge < -0.3 is 5.32 Å². The number of rotatable bonds is 3. The van der Waals surface area contributed by atoms with Crippen molar-refractivity contribution in [3.05, 3.63) is 41.6 Å². The van der Waals surface area contributed by atoms with Gasteiger partial charge in [-0.25, -0.2) is 0 Å². The van der Waals surface area contributed by atoms with Crippen LogP contribution < -0.4 is 10.6 Å². The van der Waals surface area contributed by atoms with Gasteiger partial charge in [-0.3, -0.25) is 29.4 Å². The first-order valence-electron chi connectivity index (χ1n) is 7.16. The van der Waals surface area contributed by atoms with Crippen LogP contribution >= 0.6 is 0 Å². The highest BCUT2D eigenvalue weighted by atomic mass is 16.2. The van der Waals surface area contributed by atoms with Gasteiger partial charge in [-0.15, -0.1) is 0 Å². The first-order valence-corrected chi connectivity index (χ1v) is 7.16. The lowest BCUT2D eigenvalue weighted by molar-refractivity contribution is -0.136. The van der Waals surface area contributed by atoms with E-state index < -0.39 is 29.7 Å². The molecule has 7 heteroatoms. The van der Waals surface area contributed by atoms with Gasteiger partial charge in [0.25, 0.3) is 11.8 Å². The quantitative estimate of drug-likeness (QED) is 0.813. The second-order valence-electron chi connectivity index (χ2n) is 5.61. The normalized spacial score (nSPS) is 20.4. The highest BCUT2D eigenvalue weighted by molar-refractivity contribution is 6.23. The van der Waals surface area contributed by atoms with E-state index in [1.54, 1.807) is 25.1 Å². The number of fused-ring (bicyclic) bond motifs is 1. The molecule has 0 aliphatic carbocycles. The number of benzene rings is 1. The molecule has 1 atom stereocenters. The number of nitrogens with zero attached hydrogens (tertiary/aromatic N) is 1. The maximum absolute atomic E-state index is 12.6. The number of imide groups is 2. The molecule has 1 fully saturated rings. The average Bonchev–Trinajstić information content (AvgIpc) is 2.71. The molecule has 2 aliphatic rings. The van der Waals surface area contributed by atoms with Gasteiger partial charge in [0.1, 0.15) is 6.04 Å². The molecule has 0 radical (unpaired) electrons. The third-order valence-electron chi connectivity index (χ3n) is 3.80. The predicted molar refractivity (Wildman–Crippen MR) is 81.6 cm³/mol. The second-order valence-corrected chi connectivity index (χ2v) is 5.61. The Kier molecular flexibility index (Phi) is 3.48. The fraction of sp³-hybridized carbons (Fsp3) is 0.250. The minimum atomic E-state index is -0.947. The zero-order chi connectivity index (χ0) is 16.7. The smallest absolute Gasteiger partial charge is 0.262 e. The van der Waals surface area contributed by atoms with Crippen molar-refractivity contribution in [3.63, 3.8) is 0 Å². The van der Waals surface area contributed by atoms with E-state index in [0.29, 0.717) is 11.4 Å². The molecular weight excluding hydrogens is 298 g/mol. The summed E-state index contributed by atoms with van der Waals surface area (Å²) in [6, 6.07) is 3.84. The van der Waals surface area contributed by atoms with Gasteiger partial charge in [-0.1, -0.05) is 6.58 Å². The van der Waals surface area contributed by atoms with E-state index in [-0.39, 0.29) is 24.0 Å². The fourth-order valence-corrected chi connectivity index (χ4v) is 2.80. The maximum atomic E-state index is 12.6. The van der Waals surface area contributed by atoms with Crippen molar-refractivity contribution < 1.29 is 19.2 Å². The summed E-state index contributed by atoms with van der Waals surface area (Å²) < 4.78 is 0. The summed E-state index contributed by atoms with van der Waals surface area (Å²) in [6.45, 7) is 5.50. The van der Waals surface area contributed by atoms with E-state index in [1.165, 1.54) is 0 Å². The van der Waals surface area contributed by atoms with Crippen LogP contribution in [0.2, 0.25) is 0 Å². The number of piperidine rings is 1. The van der Waals surface area contributed by atoms with Gasteiger partial charge in [-0.05, 0) is 31.5 Å². The van der Waals surface area contributed by atoms with E-state index >= 15 is 0 Å². The first-order chi connectivity index (χ1) is 10.9. The topological polar surface area (TPSA) is 95.6 Å². The van der Waals surface area contributed by atoms with Gasteiger partial charge in [0.15, 0.2) is 0 Å². The fourth-order valence-electron chi connectivity index (χ4n) is 2.80. The monoisotopic (exact) mass is 313 g/mol. The Balaban J connectivity index is 1.92. The van der Waals surface area contributed by atoms with Gasteiger partial charge >= 0.3 is 0 Å². The Morgan fingerprint density at radius 1 is 1.22 bits per heavy atom. The lowest BCUT2D eigenvalue weighted by Gasteiger charge is -2.27. The van der Waals surface area contributed by atoms with Crippen LogP contribution in [0.1, 0.15) is 40.5 Å². The molecule has 118 valence electrons. The summed E-state index contributed by atoms with van der Waals surface area (Å²) in [5, 5.41) is 5.14. The van der Waals surface area contributed by atoms with E-state index in [2.05, 4.69) is 17.2 Å². The van der Waals surface area contributed by atoms with Crippen molar-refractivity contribution in [3.8, 4) is 0 Å². The van der Waals surface area contributed by atoms with Crippen LogP contribution in [0, 0.1) is 0 Å². The molecule has 7 nitrogen and oxygen atoms in total. The third kappa shape index (κ3) is 2.50. The first kappa shape index (κ1) is 15.0. The zero-order valence-corrected chi connectivity index (χ0v) is 12.5. The molecule has 2 heterocycles. The van der Waals surface area contributed by atoms with Gasteiger partial charge in [0.05, 0.1) is 11.1 Å². The highest BCUT2D eigenvalue weighted by Gasteiger charge is 2.44. The third-order valence-corrected chi connectivity index (χ3v) is 3.80. The summed E-state index contributed by atoms with van der Waals surface area (Å²) in [4.78, 5) is 49.1. The Labute approximate surface area is 132 Å². The summed E-state index contributed by atoms with van der Waals surface area (Å²) in [5.74, 6) is -2.04. The largest absolute Gasteiger partial charge is 0.360 e. The number of allylic oxidation sites excluding steroid dienone is 1. The zero-order valence-electron chi connectivity index (χ0n) is 12.5. The Morgan fingerprint density at radius 3 is 2.57 bits per heavy atom. The minimum absolute atomic E-state index is 0.103. The molecule has 0 spiro atoms. The summed E-state index contributed by atoms with van der Waals surface area (Å²) in [7, 11) is 0. The van der Waals surface area contributed by atoms with Crippen molar-refractivity contribution in [2.75, 3.05) is 5.32 Å². The molecule has 2 N–H and O–H groups in total. The van der Waals surface area contributed by atoms with Crippen molar-refractivity contribution in [2.24, 2.45) is 0 Å². The standard InChI is InChI=1S/C16H15N3O4/c1-8(2)17-9-3-4-10-11(7-9)16(23)19(15(10)22)12-5-6-13(20)18-14(12)21/h3-4,7,12,17H,1,5-6H2,2H3,(H,18,20,21). The summed E-state index contributed by atoms with van der Waals surface area (Å²) >= 11 is 0. The second kappa shape index (κ2) is 5.35. The number of amides is 4. The van der Waals surface area contributed by atoms with Crippen molar-refractivity contribution in [1.29, 1.82) is 0 Å². The minimum Gasteiger partial charge on any atom is -0.360 e. The van der Waals surface area contributed by atoms with Crippen LogP contribution in [0.3, 0.4) is 0 Å². The summed E-state index contributed by atoms with van der Waals surface area (Å²) in [6.07, 6.45) is 0.249. The lowest BCUT2D eigenvalue weighted by Crippen LogP contribution is -2.54. The van der Waals surface area contributed by atoms with Gasteiger partial charge in [-0.2, -0.15) is 0 Å². The molecule has 0 saturated carbocycles. The molecular formula is C16H15N3O4. The maximum Gasteiger partial charge on any atom is 0.262 e. The number of nitrogens with one attached hydrogen (secondary N) is 2. The van der Waals surface area contributed by atoms with Gasteiger partial charge in [0, 0.05) is 17.8 Å². The molecule has 1 unspecified atom stereocenters. The molecule has 23 heavy (non-hydrogen) atoms. The number of carbonyl (C=O) groups excluding carboxylic acids is 4. The average molecular weight is 313 g/mol. The Bertz CT molecular complexity index is 769. The molecule has 1 aromatic rings. The predicted octanol–water partition coefficient (Wildman–Crippen LogP) is 1.03. The lowest BCUT2D eigenvalue weighted by atomic mass is 10.0. The van der Waals surface area contributed by atoms with Gasteiger partial charge in [0.2, 0.25) is 11.8 Å². The highest BCUT2D eigenvalue weighted by Crippen LogP contribution is 2.29. The molecule has 0 bridgehead atoms. The number of carbonyl (C=O) groups is 4. The van der Waals surface area contributed by atoms with Crippen LogP contribution in [-0.2, 0) is 9.59 Å². The van der Waals surface area contributed by atoms with E-state index in [0.717, 1.165) is 4.90 Å². The van der Waals surface area contributed by atoms with Crippen LogP contribution in [0.25, 0.3) is 0 Å². The van der Waals surface area contributed by atoms with Crippen LogP contribution in [0.15, 0.2) is 30.5 Å². The number of hydrogen-bond acceptors (Lipinski definition) is 5. The van der Waals surface area contributed by atoms with Crippen LogP contribution in [-0.4, -0.2) is 34.6 Å². The molecule has 1 saturated heterocycles. The van der Waals surface area contributed by atoms with Crippen molar-refractivity contribution >= 4 is 29.3 Å². The van der Waals surface area contributed by atoms with E-state index in [4.69, 9.17) is 0 Å². The van der Waals surface area contributed by atoms with E-state index in [1.807, 2.05) is 0 Å². The number of hydrogen-bond donors (Lipinski definition) is 2. The molecule has 3 rings (SSSR count). The van der Waals surface area contributed by atoms with Crippen molar-refractivity contribution in [2.45, 2.75) is 25.8 Å². The van der Waals surface area contributed by atoms with Crippen LogP contribution in [0.5, 0.6) is 0 Å². The molecule has 0 aromatic heterocycles. The molecule has 4 amide bonds. The summed E-state index contributed by atoms with van der Waals surface area (Å²) in [5.41, 5.74) is 1.84. The Morgan fingerprint density at radius 2 is 1.91 bits per heavy atom. The SMILES string of the molecule is C=C(C)Nc1ccc2c(c1)C(=O)N(C1CCC(=O)NC1=O)C2=O. The molecule has 2 aliphatic heterocycles. The van der Waals surface area contributed by atoms with Crippen molar-refractivity contribution in [1.82, 2.24) is 10.2 Å². The molecule has 1 aromatic carbocycles. The number of anilines is 1. The van der Waals surface area contributed by atoms with E-state index in [9.17, 15) is 19.2 Å². The van der Waals surface area contributed by atoms with Crippen LogP contribution in [0.4, 0.5) is 5.69 Å².